The molecule has 3 aromatic heterocycles. The highest BCUT2D eigenvalue weighted by Crippen LogP contribution is 2.47. The monoisotopic (exact) mass is 437 g/mol. The number of nitrogens with zero attached hydrogens (tertiary/aromatic N) is 2. The molecular weight excluding hydrogens is 418 g/mol. The van der Waals surface area contributed by atoms with E-state index in [1.54, 1.807) is 0 Å². The molecule has 0 amide bonds. The summed E-state index contributed by atoms with van der Waals surface area (Å²) in [5, 5.41) is 6.73. The average Bonchev–Trinajstić information content (AvgIpc) is 3.53. The molecule has 0 spiro atoms. The molecule has 4 nitrogen and oxygen atoms in total. The fourth-order valence-corrected chi connectivity index (χ4v) is 5.76. The molecular formula is C30H19N3O. The Bertz CT molecular complexity index is 2070. The summed E-state index contributed by atoms with van der Waals surface area (Å²) < 4.78 is 10.8. The minimum absolute atomic E-state index is 0.886. The van der Waals surface area contributed by atoms with Crippen molar-refractivity contribution in [2.24, 2.45) is 0 Å². The SMILES string of the molecule is Nn1c2ccccc2c2c3c4ccccc4oc3c3c4ccccc4n(-c4ccccc4)c3c21. The van der Waals surface area contributed by atoms with Gasteiger partial charge in [0.1, 0.15) is 11.2 Å². The van der Waals surface area contributed by atoms with E-state index in [-0.39, 0.29) is 0 Å². The molecule has 5 aromatic carbocycles. The maximum Gasteiger partial charge on any atom is 0.146 e. The summed E-state index contributed by atoms with van der Waals surface area (Å²) in [6.45, 7) is 0. The molecule has 34 heavy (non-hydrogen) atoms. The molecule has 0 radical (unpaired) electrons. The molecule has 0 fully saturated rings. The van der Waals surface area contributed by atoms with Gasteiger partial charge in [0.05, 0.1) is 27.5 Å². The first-order chi connectivity index (χ1) is 16.8. The third-order valence-corrected chi connectivity index (χ3v) is 7.10. The van der Waals surface area contributed by atoms with Gasteiger partial charge in [0.2, 0.25) is 0 Å². The number of hydrogen-bond donors (Lipinski definition) is 1. The van der Waals surface area contributed by atoms with Crippen LogP contribution >= 0.6 is 0 Å². The summed E-state index contributed by atoms with van der Waals surface area (Å²) >= 11 is 0. The Morgan fingerprint density at radius 3 is 1.94 bits per heavy atom. The van der Waals surface area contributed by atoms with Gasteiger partial charge in [0.15, 0.2) is 0 Å². The molecule has 0 saturated carbocycles. The Kier molecular flexibility index (Phi) is 3.25. The van der Waals surface area contributed by atoms with Crippen LogP contribution in [0.3, 0.4) is 0 Å². The third kappa shape index (κ3) is 2.04. The van der Waals surface area contributed by atoms with E-state index in [9.17, 15) is 0 Å². The second kappa shape index (κ2) is 6.21. The van der Waals surface area contributed by atoms with Gasteiger partial charge < -0.3 is 14.8 Å². The van der Waals surface area contributed by atoms with Crippen molar-refractivity contribution < 1.29 is 4.42 Å². The normalized spacial score (nSPS) is 12.2. The molecule has 160 valence electrons. The van der Waals surface area contributed by atoms with Crippen molar-refractivity contribution in [2.45, 2.75) is 0 Å². The zero-order valence-corrected chi connectivity index (χ0v) is 18.2. The van der Waals surface area contributed by atoms with E-state index in [1.807, 2.05) is 28.9 Å². The largest absolute Gasteiger partial charge is 0.455 e. The van der Waals surface area contributed by atoms with Crippen molar-refractivity contribution in [3.63, 3.8) is 0 Å². The van der Waals surface area contributed by atoms with Gasteiger partial charge in [-0.15, -0.1) is 0 Å². The van der Waals surface area contributed by atoms with Gasteiger partial charge in [-0.3, -0.25) is 4.68 Å². The number of furan rings is 1. The van der Waals surface area contributed by atoms with Crippen molar-refractivity contribution in [2.75, 3.05) is 5.84 Å². The number of aromatic nitrogens is 2. The maximum absolute atomic E-state index is 6.89. The average molecular weight is 438 g/mol. The first-order valence-corrected chi connectivity index (χ1v) is 11.4. The summed E-state index contributed by atoms with van der Waals surface area (Å²) in [6.07, 6.45) is 0. The first kappa shape index (κ1) is 17.8. The molecule has 0 aliphatic heterocycles. The van der Waals surface area contributed by atoms with Crippen LogP contribution in [0.2, 0.25) is 0 Å². The molecule has 0 aliphatic carbocycles. The summed E-state index contributed by atoms with van der Waals surface area (Å²) in [6, 6.07) is 35.7. The smallest absolute Gasteiger partial charge is 0.146 e. The molecule has 8 rings (SSSR count). The predicted octanol–water partition coefficient (Wildman–Crippen LogP) is 7.50. The van der Waals surface area contributed by atoms with Crippen molar-refractivity contribution in [3.05, 3.63) is 103 Å². The topological polar surface area (TPSA) is 49.0 Å². The van der Waals surface area contributed by atoms with E-state index in [2.05, 4.69) is 83.4 Å². The molecule has 8 aromatic rings. The Morgan fingerprint density at radius 1 is 0.529 bits per heavy atom. The lowest BCUT2D eigenvalue weighted by atomic mass is 10.0. The molecule has 0 atom stereocenters. The zero-order valence-electron chi connectivity index (χ0n) is 18.2. The second-order valence-corrected chi connectivity index (χ2v) is 8.82. The Hall–Kier alpha value is -4.70. The van der Waals surface area contributed by atoms with Crippen molar-refractivity contribution in [3.8, 4) is 5.69 Å². The minimum Gasteiger partial charge on any atom is -0.455 e. The van der Waals surface area contributed by atoms with E-state index in [1.165, 1.54) is 0 Å². The summed E-state index contributed by atoms with van der Waals surface area (Å²) in [5.74, 6) is 6.89. The van der Waals surface area contributed by atoms with Gasteiger partial charge in [-0.25, -0.2) is 0 Å². The van der Waals surface area contributed by atoms with Crippen LogP contribution in [-0.2, 0) is 0 Å². The van der Waals surface area contributed by atoms with E-state index < -0.39 is 0 Å². The van der Waals surface area contributed by atoms with Crippen LogP contribution in [0.25, 0.3) is 71.2 Å². The van der Waals surface area contributed by atoms with Crippen LogP contribution in [-0.4, -0.2) is 9.24 Å². The highest BCUT2D eigenvalue weighted by molar-refractivity contribution is 6.39. The lowest BCUT2D eigenvalue weighted by molar-refractivity contribution is 0.673. The van der Waals surface area contributed by atoms with Crippen LogP contribution in [0.1, 0.15) is 0 Å². The zero-order chi connectivity index (χ0) is 22.4. The van der Waals surface area contributed by atoms with Gasteiger partial charge in [-0.2, -0.15) is 0 Å². The quantitative estimate of drug-likeness (QED) is 0.270. The molecule has 0 aliphatic rings. The number of fused-ring (bicyclic) bond motifs is 12. The van der Waals surface area contributed by atoms with Crippen LogP contribution < -0.4 is 5.84 Å². The number of nitrogen functional groups attached to an aromatic ring is 1. The maximum atomic E-state index is 6.89. The fraction of sp³-hybridized carbons (Fsp3) is 0. The van der Waals surface area contributed by atoms with E-state index >= 15 is 0 Å². The van der Waals surface area contributed by atoms with E-state index in [4.69, 9.17) is 10.3 Å². The van der Waals surface area contributed by atoms with E-state index in [0.717, 1.165) is 71.2 Å². The molecule has 4 heteroatoms. The van der Waals surface area contributed by atoms with Crippen molar-refractivity contribution >= 4 is 65.6 Å². The molecule has 0 saturated heterocycles. The molecule has 3 heterocycles. The lowest BCUT2D eigenvalue weighted by Crippen LogP contribution is -2.08. The van der Waals surface area contributed by atoms with Crippen LogP contribution in [0.15, 0.2) is 108 Å². The third-order valence-electron chi connectivity index (χ3n) is 7.10. The number of nitrogens with two attached hydrogens (primary N) is 1. The van der Waals surface area contributed by atoms with Gasteiger partial charge >= 0.3 is 0 Å². The highest BCUT2D eigenvalue weighted by atomic mass is 16.3. The van der Waals surface area contributed by atoms with Gasteiger partial charge in [0, 0.05) is 32.6 Å². The Balaban J connectivity index is 1.82. The summed E-state index contributed by atoms with van der Waals surface area (Å²) in [4.78, 5) is 0. The van der Waals surface area contributed by atoms with Crippen molar-refractivity contribution in [1.29, 1.82) is 0 Å². The highest BCUT2D eigenvalue weighted by Gasteiger charge is 2.26. The molecule has 2 N–H and O–H groups in total. The van der Waals surface area contributed by atoms with E-state index in [0.29, 0.717) is 0 Å². The number of rotatable bonds is 1. The molecule has 0 bridgehead atoms. The van der Waals surface area contributed by atoms with Crippen molar-refractivity contribution in [1.82, 2.24) is 9.24 Å². The van der Waals surface area contributed by atoms with Gasteiger partial charge in [0.25, 0.3) is 0 Å². The number of para-hydroxylation sites is 4. The lowest BCUT2D eigenvalue weighted by Gasteiger charge is -2.10. The Morgan fingerprint density at radius 2 is 1.15 bits per heavy atom. The molecule has 0 unspecified atom stereocenters. The summed E-state index contributed by atoms with van der Waals surface area (Å²) in [7, 11) is 0. The standard InChI is InChI=1S/C30H19N3O/c31-33-23-16-8-5-13-20(23)25-26-21-14-6-9-17-24(21)34-30(26)27-19-12-4-7-15-22(19)32(28(27)29(25)33)18-10-2-1-3-11-18/h1-17H,31H2. The van der Waals surface area contributed by atoms with Crippen LogP contribution in [0.4, 0.5) is 0 Å². The van der Waals surface area contributed by atoms with Gasteiger partial charge in [-0.05, 0) is 30.3 Å². The second-order valence-electron chi connectivity index (χ2n) is 8.82. The number of benzene rings is 5. The van der Waals surface area contributed by atoms with Crippen LogP contribution in [0, 0.1) is 0 Å². The number of hydrogen-bond acceptors (Lipinski definition) is 2. The van der Waals surface area contributed by atoms with Crippen LogP contribution in [0.5, 0.6) is 0 Å². The minimum atomic E-state index is 0.886. The Labute approximate surface area is 194 Å². The fourth-order valence-electron chi connectivity index (χ4n) is 5.76. The van der Waals surface area contributed by atoms with Gasteiger partial charge in [-0.1, -0.05) is 72.8 Å². The predicted molar refractivity (Wildman–Crippen MR) is 141 cm³/mol. The first-order valence-electron chi connectivity index (χ1n) is 11.4. The summed E-state index contributed by atoms with van der Waals surface area (Å²) in [5.41, 5.74) is 7.09.